The number of ether oxygens (including phenoxy) is 2. The first kappa shape index (κ1) is 17.2. The summed E-state index contributed by atoms with van der Waals surface area (Å²) in [6.45, 7) is 3.92. The topological polar surface area (TPSA) is 61.5 Å². The van der Waals surface area contributed by atoms with Gasteiger partial charge in [0, 0.05) is 0 Å². The predicted octanol–water partition coefficient (Wildman–Crippen LogP) is 3.22. The lowest BCUT2D eigenvalue weighted by molar-refractivity contribution is -0.163. The second-order valence-electron chi connectivity index (χ2n) is 5.64. The molecule has 2 aromatic carbocycles. The molecule has 0 aliphatic heterocycles. The normalized spacial score (nSPS) is 13.6. The molecule has 2 aromatic rings. The second-order valence-corrected chi connectivity index (χ2v) is 5.64. The first-order valence-electron chi connectivity index (χ1n) is 7.74. The summed E-state index contributed by atoms with van der Waals surface area (Å²) < 4.78 is 11.1. The Morgan fingerprint density at radius 3 is 2.13 bits per heavy atom. The van der Waals surface area contributed by atoms with Gasteiger partial charge in [0.15, 0.2) is 6.10 Å². The number of carbonyl (C=O) groups excluding carboxylic acids is 1. The SMILES string of the molecule is CC(C)OC(=O)C(OCc1ccccc1)C(N)c1ccccc1. The molecule has 0 aromatic heterocycles. The van der Waals surface area contributed by atoms with E-state index in [1.165, 1.54) is 0 Å². The number of hydrogen-bond donors (Lipinski definition) is 1. The van der Waals surface area contributed by atoms with Gasteiger partial charge in [-0.15, -0.1) is 0 Å². The van der Waals surface area contributed by atoms with E-state index in [-0.39, 0.29) is 6.10 Å². The monoisotopic (exact) mass is 313 g/mol. The summed E-state index contributed by atoms with van der Waals surface area (Å²) in [5.41, 5.74) is 8.07. The minimum absolute atomic E-state index is 0.215. The first-order valence-corrected chi connectivity index (χ1v) is 7.74. The Morgan fingerprint density at radius 2 is 1.57 bits per heavy atom. The Balaban J connectivity index is 2.12. The number of carbonyl (C=O) groups is 1. The molecule has 0 spiro atoms. The lowest BCUT2D eigenvalue weighted by Crippen LogP contribution is -2.38. The predicted molar refractivity (Wildman–Crippen MR) is 89.6 cm³/mol. The van der Waals surface area contributed by atoms with Crippen LogP contribution in [0.15, 0.2) is 60.7 Å². The highest BCUT2D eigenvalue weighted by Crippen LogP contribution is 2.20. The van der Waals surface area contributed by atoms with Crippen molar-refractivity contribution in [3.63, 3.8) is 0 Å². The van der Waals surface area contributed by atoms with E-state index >= 15 is 0 Å². The molecule has 2 rings (SSSR count). The highest BCUT2D eigenvalue weighted by atomic mass is 16.6. The molecule has 2 unspecified atom stereocenters. The van der Waals surface area contributed by atoms with Crippen molar-refractivity contribution >= 4 is 5.97 Å². The zero-order valence-corrected chi connectivity index (χ0v) is 13.5. The van der Waals surface area contributed by atoms with Crippen LogP contribution in [0, 0.1) is 0 Å². The van der Waals surface area contributed by atoms with Crippen LogP contribution >= 0.6 is 0 Å². The maximum Gasteiger partial charge on any atom is 0.337 e. The van der Waals surface area contributed by atoms with Gasteiger partial charge in [-0.05, 0) is 25.0 Å². The van der Waals surface area contributed by atoms with Crippen molar-refractivity contribution in [2.75, 3.05) is 0 Å². The standard InChI is InChI=1S/C19H23NO3/c1-14(2)23-19(21)18(17(20)16-11-7-4-8-12-16)22-13-15-9-5-3-6-10-15/h3-12,14,17-18H,13,20H2,1-2H3. The van der Waals surface area contributed by atoms with Gasteiger partial charge in [0.05, 0.1) is 18.8 Å². The van der Waals surface area contributed by atoms with Crippen LogP contribution < -0.4 is 5.73 Å². The van der Waals surface area contributed by atoms with Crippen LogP contribution in [-0.4, -0.2) is 18.2 Å². The maximum atomic E-state index is 12.4. The third-order valence-electron chi connectivity index (χ3n) is 3.37. The van der Waals surface area contributed by atoms with Gasteiger partial charge < -0.3 is 15.2 Å². The molecule has 0 saturated carbocycles. The Bertz CT molecular complexity index is 599. The minimum atomic E-state index is -0.847. The molecule has 0 heterocycles. The summed E-state index contributed by atoms with van der Waals surface area (Å²) in [5.74, 6) is -0.438. The van der Waals surface area contributed by atoms with Crippen LogP contribution in [0.4, 0.5) is 0 Å². The number of rotatable bonds is 7. The molecule has 4 nitrogen and oxygen atoms in total. The number of benzene rings is 2. The molecule has 2 N–H and O–H groups in total. The van der Waals surface area contributed by atoms with Crippen LogP contribution in [-0.2, 0) is 20.9 Å². The van der Waals surface area contributed by atoms with E-state index in [1.807, 2.05) is 60.7 Å². The van der Waals surface area contributed by atoms with Gasteiger partial charge in [-0.3, -0.25) is 0 Å². The number of esters is 1. The minimum Gasteiger partial charge on any atom is -0.461 e. The van der Waals surface area contributed by atoms with E-state index < -0.39 is 18.1 Å². The Kier molecular flexibility index (Phi) is 6.32. The lowest BCUT2D eigenvalue weighted by Gasteiger charge is -2.24. The van der Waals surface area contributed by atoms with Gasteiger partial charge in [0.2, 0.25) is 0 Å². The summed E-state index contributed by atoms with van der Waals surface area (Å²) in [5, 5.41) is 0. The molecule has 23 heavy (non-hydrogen) atoms. The molecule has 0 radical (unpaired) electrons. The van der Waals surface area contributed by atoms with Crippen LogP contribution in [0.25, 0.3) is 0 Å². The Labute approximate surface area is 137 Å². The molecule has 4 heteroatoms. The number of hydrogen-bond acceptors (Lipinski definition) is 4. The van der Waals surface area contributed by atoms with E-state index in [9.17, 15) is 4.79 Å². The lowest BCUT2D eigenvalue weighted by atomic mass is 10.0. The molecule has 0 aliphatic carbocycles. The van der Waals surface area contributed by atoms with Gasteiger partial charge in [0.25, 0.3) is 0 Å². The smallest absolute Gasteiger partial charge is 0.337 e. The van der Waals surface area contributed by atoms with Crippen molar-refractivity contribution in [2.24, 2.45) is 5.73 Å². The fourth-order valence-electron chi connectivity index (χ4n) is 2.23. The average molecular weight is 313 g/mol. The fourth-order valence-corrected chi connectivity index (χ4v) is 2.23. The van der Waals surface area contributed by atoms with Gasteiger partial charge >= 0.3 is 5.97 Å². The van der Waals surface area contributed by atoms with E-state index in [0.717, 1.165) is 11.1 Å². The zero-order valence-electron chi connectivity index (χ0n) is 13.5. The highest BCUT2D eigenvalue weighted by molar-refractivity contribution is 5.76. The van der Waals surface area contributed by atoms with Gasteiger partial charge in [-0.1, -0.05) is 60.7 Å². The molecule has 0 aliphatic rings. The van der Waals surface area contributed by atoms with Crippen molar-refractivity contribution in [1.29, 1.82) is 0 Å². The van der Waals surface area contributed by atoms with Crippen molar-refractivity contribution < 1.29 is 14.3 Å². The first-order chi connectivity index (χ1) is 11.1. The van der Waals surface area contributed by atoms with Gasteiger partial charge in [0.1, 0.15) is 0 Å². The molecule has 0 saturated heterocycles. The van der Waals surface area contributed by atoms with Crippen molar-refractivity contribution in [3.05, 3.63) is 71.8 Å². The van der Waals surface area contributed by atoms with Crippen molar-refractivity contribution in [2.45, 2.75) is 38.7 Å². The second kappa shape index (κ2) is 8.46. The van der Waals surface area contributed by atoms with Gasteiger partial charge in [-0.25, -0.2) is 4.79 Å². The third-order valence-corrected chi connectivity index (χ3v) is 3.37. The molecule has 0 fully saturated rings. The average Bonchev–Trinajstić information content (AvgIpc) is 2.56. The molecular weight excluding hydrogens is 290 g/mol. The van der Waals surface area contributed by atoms with E-state index in [2.05, 4.69) is 0 Å². The van der Waals surface area contributed by atoms with E-state index in [1.54, 1.807) is 13.8 Å². The summed E-state index contributed by atoms with van der Waals surface area (Å²) in [6, 6.07) is 18.5. The zero-order chi connectivity index (χ0) is 16.7. The maximum absolute atomic E-state index is 12.4. The highest BCUT2D eigenvalue weighted by Gasteiger charge is 2.30. The summed E-state index contributed by atoms with van der Waals surface area (Å²) in [4.78, 5) is 12.4. The fraction of sp³-hybridized carbons (Fsp3) is 0.316. The molecule has 122 valence electrons. The van der Waals surface area contributed by atoms with Crippen LogP contribution in [0.3, 0.4) is 0 Å². The van der Waals surface area contributed by atoms with Gasteiger partial charge in [-0.2, -0.15) is 0 Å². The summed E-state index contributed by atoms with van der Waals surface area (Å²) in [7, 11) is 0. The van der Waals surface area contributed by atoms with Crippen molar-refractivity contribution in [3.8, 4) is 0 Å². The Hall–Kier alpha value is -2.17. The van der Waals surface area contributed by atoms with Crippen LogP contribution in [0.2, 0.25) is 0 Å². The third kappa shape index (κ3) is 5.20. The van der Waals surface area contributed by atoms with E-state index in [0.29, 0.717) is 6.61 Å². The molecule has 2 atom stereocenters. The summed E-state index contributed by atoms with van der Waals surface area (Å²) >= 11 is 0. The Morgan fingerprint density at radius 1 is 1.00 bits per heavy atom. The largest absolute Gasteiger partial charge is 0.461 e. The van der Waals surface area contributed by atoms with Crippen LogP contribution in [0.5, 0.6) is 0 Å². The quantitative estimate of drug-likeness (QED) is 0.797. The molecule has 0 amide bonds. The summed E-state index contributed by atoms with van der Waals surface area (Å²) in [6.07, 6.45) is -1.06. The molecular formula is C19H23NO3. The van der Waals surface area contributed by atoms with Crippen LogP contribution in [0.1, 0.15) is 31.0 Å². The number of nitrogens with two attached hydrogens (primary N) is 1. The molecule has 0 bridgehead atoms. The van der Waals surface area contributed by atoms with Crippen molar-refractivity contribution in [1.82, 2.24) is 0 Å². The van der Waals surface area contributed by atoms with E-state index in [4.69, 9.17) is 15.2 Å².